The van der Waals surface area contributed by atoms with Crippen LogP contribution in [0, 0.1) is 0 Å². The van der Waals surface area contributed by atoms with Crippen molar-refractivity contribution in [3.05, 3.63) is 50.8 Å². The van der Waals surface area contributed by atoms with E-state index in [0.717, 1.165) is 0 Å². The van der Waals surface area contributed by atoms with Crippen molar-refractivity contribution in [3.8, 4) is 0 Å². The molecule has 1 saturated heterocycles. The van der Waals surface area contributed by atoms with E-state index in [1.54, 1.807) is 11.0 Å². The molecule has 26 heavy (non-hydrogen) atoms. The van der Waals surface area contributed by atoms with Crippen LogP contribution in [0.4, 0.5) is 0 Å². The van der Waals surface area contributed by atoms with E-state index in [-0.39, 0.29) is 26.9 Å². The number of likely N-dealkylation sites (tertiary alicyclic amines) is 1. The van der Waals surface area contributed by atoms with E-state index in [1.165, 1.54) is 24.7 Å². The molecule has 1 N–H and O–H groups in total. The van der Waals surface area contributed by atoms with Gasteiger partial charge in [0.05, 0.1) is 21.9 Å². The van der Waals surface area contributed by atoms with Crippen LogP contribution < -0.4 is 4.72 Å². The lowest BCUT2D eigenvalue weighted by Crippen LogP contribution is -2.46. The average molecular weight is 482 g/mol. The number of nitrogens with one attached hydrogen (secondary N) is 1. The lowest BCUT2D eigenvalue weighted by molar-refractivity contribution is 0.0710. The Morgan fingerprint density at radius 1 is 1.23 bits per heavy atom. The van der Waals surface area contributed by atoms with Gasteiger partial charge in [-0.3, -0.25) is 4.79 Å². The summed E-state index contributed by atoms with van der Waals surface area (Å²) in [5, 5.41) is 0.0916. The van der Waals surface area contributed by atoms with E-state index in [0.29, 0.717) is 36.0 Å². The number of amides is 1. The van der Waals surface area contributed by atoms with Crippen LogP contribution in [-0.4, -0.2) is 38.4 Å². The zero-order valence-corrected chi connectivity index (χ0v) is 17.3. The Balaban J connectivity index is 1.67. The third-order valence-electron chi connectivity index (χ3n) is 4.10. The normalized spacial score (nSPS) is 16.0. The number of furan rings is 1. The van der Waals surface area contributed by atoms with Gasteiger partial charge in [-0.2, -0.15) is 0 Å². The fourth-order valence-corrected chi connectivity index (χ4v) is 6.07. The second-order valence-electron chi connectivity index (χ2n) is 5.90. The first-order valence-electron chi connectivity index (χ1n) is 7.76. The second kappa shape index (κ2) is 7.90. The van der Waals surface area contributed by atoms with Crippen molar-refractivity contribution < 1.29 is 17.6 Å². The zero-order chi connectivity index (χ0) is 18.9. The molecule has 0 aliphatic carbocycles. The molecule has 2 heterocycles. The molecule has 2 aromatic rings. The van der Waals surface area contributed by atoms with Crippen molar-refractivity contribution in [3.63, 3.8) is 0 Å². The van der Waals surface area contributed by atoms with Crippen molar-refractivity contribution in [1.82, 2.24) is 9.62 Å². The number of halogens is 3. The highest BCUT2D eigenvalue weighted by molar-refractivity contribution is 9.10. The Hall–Kier alpha value is -1.06. The zero-order valence-electron chi connectivity index (χ0n) is 13.4. The first-order chi connectivity index (χ1) is 12.3. The van der Waals surface area contributed by atoms with Gasteiger partial charge in [0.1, 0.15) is 11.2 Å². The molecule has 1 aliphatic rings. The van der Waals surface area contributed by atoms with E-state index in [4.69, 9.17) is 27.6 Å². The maximum absolute atomic E-state index is 12.7. The third kappa shape index (κ3) is 4.26. The van der Waals surface area contributed by atoms with Crippen molar-refractivity contribution in [2.75, 3.05) is 13.1 Å². The lowest BCUT2D eigenvalue weighted by Gasteiger charge is -2.32. The van der Waals surface area contributed by atoms with E-state index in [2.05, 4.69) is 20.7 Å². The molecule has 0 atom stereocenters. The van der Waals surface area contributed by atoms with Gasteiger partial charge in [-0.1, -0.05) is 39.1 Å². The summed E-state index contributed by atoms with van der Waals surface area (Å²) in [6.45, 7) is 0.887. The number of carbonyl (C=O) groups is 1. The van der Waals surface area contributed by atoms with Gasteiger partial charge in [0.2, 0.25) is 10.0 Å². The summed E-state index contributed by atoms with van der Waals surface area (Å²) >= 11 is 15.3. The van der Waals surface area contributed by atoms with Gasteiger partial charge in [0.25, 0.3) is 5.91 Å². The number of hydrogen-bond acceptors (Lipinski definition) is 4. The number of piperidine rings is 1. The van der Waals surface area contributed by atoms with Gasteiger partial charge >= 0.3 is 0 Å². The minimum Gasteiger partial charge on any atom is -0.472 e. The Morgan fingerprint density at radius 2 is 1.85 bits per heavy atom. The van der Waals surface area contributed by atoms with Crippen molar-refractivity contribution in [1.29, 1.82) is 0 Å². The lowest BCUT2D eigenvalue weighted by atomic mass is 10.1. The topological polar surface area (TPSA) is 79.6 Å². The third-order valence-corrected chi connectivity index (χ3v) is 7.00. The highest BCUT2D eigenvalue weighted by atomic mass is 79.9. The van der Waals surface area contributed by atoms with E-state index < -0.39 is 10.0 Å². The summed E-state index contributed by atoms with van der Waals surface area (Å²) in [7, 11) is -3.87. The Morgan fingerprint density at radius 3 is 2.38 bits per heavy atom. The molecule has 0 radical (unpaired) electrons. The van der Waals surface area contributed by atoms with Gasteiger partial charge in [-0.25, -0.2) is 13.1 Å². The van der Waals surface area contributed by atoms with Crippen LogP contribution in [-0.2, 0) is 10.0 Å². The predicted molar refractivity (Wildman–Crippen MR) is 102 cm³/mol. The van der Waals surface area contributed by atoms with Crippen LogP contribution in [0.25, 0.3) is 0 Å². The summed E-state index contributed by atoms with van der Waals surface area (Å²) in [6.07, 6.45) is 3.83. The highest BCUT2D eigenvalue weighted by Gasteiger charge is 2.29. The first-order valence-corrected chi connectivity index (χ1v) is 10.8. The fraction of sp³-hybridized carbons (Fsp3) is 0.312. The number of rotatable bonds is 4. The van der Waals surface area contributed by atoms with Gasteiger partial charge in [-0.15, -0.1) is 0 Å². The Labute approximate surface area is 169 Å². The van der Waals surface area contributed by atoms with Crippen LogP contribution in [0.15, 0.2) is 44.5 Å². The molecule has 6 nitrogen and oxygen atoms in total. The molecule has 1 aromatic heterocycles. The summed E-state index contributed by atoms with van der Waals surface area (Å²) in [4.78, 5) is 13.8. The van der Waals surface area contributed by atoms with Crippen molar-refractivity contribution in [2.24, 2.45) is 0 Å². The SMILES string of the molecule is O=C(c1ccoc1)N1CCC(NS(=O)(=O)c2c(Cl)cc(Br)cc2Cl)CC1. The second-order valence-corrected chi connectivity index (χ2v) is 9.28. The molecule has 0 unspecified atom stereocenters. The van der Waals surface area contributed by atoms with E-state index in [1.807, 2.05) is 0 Å². The molecule has 0 spiro atoms. The molecular formula is C16H15BrCl2N2O4S. The van der Waals surface area contributed by atoms with Gasteiger partial charge < -0.3 is 9.32 Å². The van der Waals surface area contributed by atoms with Crippen LogP contribution >= 0.6 is 39.1 Å². The summed E-state index contributed by atoms with van der Waals surface area (Å²) in [6, 6.07) is 4.26. The Kier molecular flexibility index (Phi) is 5.98. The molecule has 140 valence electrons. The Bertz CT molecular complexity index is 887. The summed E-state index contributed by atoms with van der Waals surface area (Å²) < 4.78 is 33.5. The summed E-state index contributed by atoms with van der Waals surface area (Å²) in [5.74, 6) is -0.126. The molecule has 1 fully saturated rings. The largest absolute Gasteiger partial charge is 0.472 e. The van der Waals surface area contributed by atoms with Crippen LogP contribution in [0.3, 0.4) is 0 Å². The van der Waals surface area contributed by atoms with Crippen LogP contribution in [0.5, 0.6) is 0 Å². The maximum atomic E-state index is 12.7. The number of sulfonamides is 1. The number of hydrogen-bond donors (Lipinski definition) is 1. The van der Waals surface area contributed by atoms with Crippen LogP contribution in [0.2, 0.25) is 10.0 Å². The first kappa shape index (κ1) is 19.7. The van der Waals surface area contributed by atoms with Crippen molar-refractivity contribution >= 4 is 55.1 Å². The average Bonchev–Trinajstić information content (AvgIpc) is 3.07. The minimum absolute atomic E-state index is 0.0458. The van der Waals surface area contributed by atoms with Crippen molar-refractivity contribution in [2.45, 2.75) is 23.8 Å². The van der Waals surface area contributed by atoms with Gasteiger partial charge in [0, 0.05) is 23.6 Å². The molecule has 1 amide bonds. The monoisotopic (exact) mass is 480 g/mol. The molecule has 3 rings (SSSR count). The molecule has 0 bridgehead atoms. The van der Waals surface area contributed by atoms with Crippen LogP contribution in [0.1, 0.15) is 23.2 Å². The smallest absolute Gasteiger partial charge is 0.257 e. The molecular weight excluding hydrogens is 467 g/mol. The molecule has 10 heteroatoms. The summed E-state index contributed by atoms with van der Waals surface area (Å²) in [5.41, 5.74) is 0.484. The van der Waals surface area contributed by atoms with Gasteiger partial charge in [-0.05, 0) is 31.0 Å². The number of nitrogens with zero attached hydrogens (tertiary/aromatic N) is 1. The van der Waals surface area contributed by atoms with E-state index >= 15 is 0 Å². The number of benzene rings is 1. The standard InChI is InChI=1S/C16H15BrCl2N2O4S/c17-11-7-13(18)15(14(19)8-11)26(23,24)20-12-1-4-21(5-2-12)16(22)10-3-6-25-9-10/h3,6-9,12,20H,1-2,4-5H2. The van der Waals surface area contributed by atoms with E-state index in [9.17, 15) is 13.2 Å². The molecule has 1 aliphatic heterocycles. The quantitative estimate of drug-likeness (QED) is 0.717. The predicted octanol–water partition coefficient (Wildman–Crippen LogP) is 3.93. The fourth-order valence-electron chi connectivity index (χ4n) is 2.83. The van der Waals surface area contributed by atoms with Gasteiger partial charge in [0.15, 0.2) is 0 Å². The highest BCUT2D eigenvalue weighted by Crippen LogP contribution is 2.33. The maximum Gasteiger partial charge on any atom is 0.257 e. The molecule has 0 saturated carbocycles. The number of carbonyl (C=O) groups excluding carboxylic acids is 1. The minimum atomic E-state index is -3.87. The molecule has 1 aromatic carbocycles.